The van der Waals surface area contributed by atoms with Crippen molar-refractivity contribution in [2.45, 2.75) is 180 Å². The minimum Gasteiger partial charge on any atom is -0.462 e. The Morgan fingerprint density at radius 3 is 1.60 bits per heavy atom. The largest absolute Gasteiger partial charge is 0.472 e. The first-order chi connectivity index (χ1) is 25.7. The zero-order valence-corrected chi connectivity index (χ0v) is 34.1. The van der Waals surface area contributed by atoms with Crippen molar-refractivity contribution in [1.82, 2.24) is 0 Å². The van der Waals surface area contributed by atoms with Gasteiger partial charge >= 0.3 is 19.8 Å². The SMILES string of the molecule is CCCCC/C=C/C/C=C/CCCCCCCC(=O)O[C@H](COC(=O)CCCCCCC/C=C/C=C/CCCCCC)COP(=O)(O)OC[C@@H](O)CO. The van der Waals surface area contributed by atoms with Crippen LogP contribution in [-0.4, -0.2) is 65.7 Å². The zero-order chi connectivity index (χ0) is 39.1. The zero-order valence-electron chi connectivity index (χ0n) is 33.2. The van der Waals surface area contributed by atoms with E-state index in [1.165, 1.54) is 44.9 Å². The molecular formula is C42H75O10P. The van der Waals surface area contributed by atoms with E-state index in [0.717, 1.165) is 83.5 Å². The second-order valence-electron chi connectivity index (χ2n) is 13.7. The summed E-state index contributed by atoms with van der Waals surface area (Å²) in [4.78, 5) is 34.9. The van der Waals surface area contributed by atoms with E-state index in [4.69, 9.17) is 19.1 Å². The van der Waals surface area contributed by atoms with Gasteiger partial charge in [-0.05, 0) is 70.6 Å². The van der Waals surface area contributed by atoms with E-state index in [0.29, 0.717) is 12.8 Å². The van der Waals surface area contributed by atoms with E-state index in [1.807, 2.05) is 0 Å². The van der Waals surface area contributed by atoms with Crippen molar-refractivity contribution in [3.05, 3.63) is 48.6 Å². The summed E-state index contributed by atoms with van der Waals surface area (Å²) in [5.41, 5.74) is 0. The molecule has 0 bridgehead atoms. The molecule has 0 spiro atoms. The number of aliphatic hydroxyl groups is 2. The number of hydrogen-bond donors (Lipinski definition) is 3. The van der Waals surface area contributed by atoms with Gasteiger partial charge in [-0.15, -0.1) is 0 Å². The summed E-state index contributed by atoms with van der Waals surface area (Å²) in [6, 6.07) is 0. The highest BCUT2D eigenvalue weighted by Gasteiger charge is 2.27. The van der Waals surface area contributed by atoms with Crippen molar-refractivity contribution < 1.29 is 47.8 Å². The molecular weight excluding hydrogens is 695 g/mol. The molecule has 0 saturated heterocycles. The van der Waals surface area contributed by atoms with Crippen LogP contribution in [0.15, 0.2) is 48.6 Å². The number of phosphoric ester groups is 1. The second kappa shape index (κ2) is 38.2. The molecule has 0 heterocycles. The average Bonchev–Trinajstić information content (AvgIpc) is 3.14. The average molecular weight is 771 g/mol. The number of ether oxygens (including phenoxy) is 2. The Hall–Kier alpha value is -2.07. The minimum absolute atomic E-state index is 0.163. The topological polar surface area (TPSA) is 149 Å². The fourth-order valence-corrected chi connectivity index (χ4v) is 6.04. The van der Waals surface area contributed by atoms with Gasteiger partial charge in [-0.1, -0.05) is 133 Å². The van der Waals surface area contributed by atoms with Gasteiger partial charge < -0.3 is 24.6 Å². The molecule has 0 aliphatic heterocycles. The molecule has 0 aliphatic carbocycles. The van der Waals surface area contributed by atoms with E-state index >= 15 is 0 Å². The summed E-state index contributed by atoms with van der Waals surface area (Å²) in [6.07, 6.45) is 39.3. The number of unbranched alkanes of at least 4 members (excludes halogenated alkanes) is 17. The molecule has 0 rings (SSSR count). The van der Waals surface area contributed by atoms with Crippen molar-refractivity contribution in [2.75, 3.05) is 26.4 Å². The highest BCUT2D eigenvalue weighted by molar-refractivity contribution is 7.47. The van der Waals surface area contributed by atoms with Crippen LogP contribution < -0.4 is 0 Å². The van der Waals surface area contributed by atoms with E-state index in [-0.39, 0.29) is 19.4 Å². The van der Waals surface area contributed by atoms with E-state index in [9.17, 15) is 24.2 Å². The van der Waals surface area contributed by atoms with Gasteiger partial charge in [-0.25, -0.2) is 4.57 Å². The summed E-state index contributed by atoms with van der Waals surface area (Å²) < 4.78 is 32.6. The lowest BCUT2D eigenvalue weighted by Gasteiger charge is -2.20. The van der Waals surface area contributed by atoms with Gasteiger partial charge in [0.15, 0.2) is 6.10 Å². The molecule has 3 N–H and O–H groups in total. The van der Waals surface area contributed by atoms with Gasteiger partial charge in [0, 0.05) is 12.8 Å². The number of aliphatic hydroxyl groups excluding tert-OH is 2. The summed E-state index contributed by atoms with van der Waals surface area (Å²) in [6.45, 7) is 2.28. The molecule has 0 aromatic rings. The predicted molar refractivity (Wildman–Crippen MR) is 214 cm³/mol. The highest BCUT2D eigenvalue weighted by Crippen LogP contribution is 2.43. The normalized spacial score (nSPS) is 14.4. The third-order valence-corrected chi connectivity index (χ3v) is 9.43. The number of carbonyl (C=O) groups excluding carboxylic acids is 2. The first kappa shape index (κ1) is 50.9. The van der Waals surface area contributed by atoms with Crippen LogP contribution in [0.2, 0.25) is 0 Å². The Bertz CT molecular complexity index is 1030. The Morgan fingerprint density at radius 1 is 0.585 bits per heavy atom. The summed E-state index contributed by atoms with van der Waals surface area (Å²) in [5.74, 6) is -0.961. The van der Waals surface area contributed by atoms with Crippen LogP contribution in [0.1, 0.15) is 168 Å². The van der Waals surface area contributed by atoms with Crippen molar-refractivity contribution >= 4 is 19.8 Å². The van der Waals surface area contributed by atoms with Crippen molar-refractivity contribution in [1.29, 1.82) is 0 Å². The van der Waals surface area contributed by atoms with Gasteiger partial charge in [0.2, 0.25) is 0 Å². The first-order valence-electron chi connectivity index (χ1n) is 20.6. The lowest BCUT2D eigenvalue weighted by Crippen LogP contribution is -2.29. The molecule has 0 aromatic carbocycles. The number of allylic oxidation sites excluding steroid dienone is 8. The fourth-order valence-electron chi connectivity index (χ4n) is 5.25. The smallest absolute Gasteiger partial charge is 0.462 e. The van der Waals surface area contributed by atoms with Crippen molar-refractivity contribution in [2.24, 2.45) is 0 Å². The minimum atomic E-state index is -4.62. The molecule has 0 amide bonds. The van der Waals surface area contributed by atoms with Gasteiger partial charge in [0.05, 0.1) is 19.8 Å². The summed E-state index contributed by atoms with van der Waals surface area (Å²) in [5, 5.41) is 18.3. The van der Waals surface area contributed by atoms with Crippen LogP contribution in [0.25, 0.3) is 0 Å². The number of esters is 2. The predicted octanol–water partition coefficient (Wildman–Crippen LogP) is 10.6. The van der Waals surface area contributed by atoms with Crippen molar-refractivity contribution in [3.8, 4) is 0 Å². The summed E-state index contributed by atoms with van der Waals surface area (Å²) in [7, 11) is -4.62. The van der Waals surface area contributed by atoms with Gasteiger partial charge in [-0.2, -0.15) is 0 Å². The monoisotopic (exact) mass is 771 g/mol. The molecule has 10 nitrogen and oxygen atoms in total. The maximum atomic E-state index is 12.6. The van der Waals surface area contributed by atoms with Gasteiger partial charge in [-0.3, -0.25) is 18.6 Å². The van der Waals surface area contributed by atoms with Crippen LogP contribution >= 0.6 is 7.82 Å². The number of hydrogen-bond acceptors (Lipinski definition) is 9. The Kier molecular flexibility index (Phi) is 36.7. The Labute approximate surface area is 322 Å². The number of carbonyl (C=O) groups is 2. The molecule has 0 fully saturated rings. The quantitative estimate of drug-likeness (QED) is 0.0182. The molecule has 0 aliphatic rings. The van der Waals surface area contributed by atoms with Gasteiger partial charge in [0.1, 0.15) is 12.7 Å². The third kappa shape index (κ3) is 38.0. The molecule has 0 radical (unpaired) electrons. The van der Waals surface area contributed by atoms with Crippen LogP contribution in [0.3, 0.4) is 0 Å². The molecule has 0 aromatic heterocycles. The molecule has 308 valence electrons. The van der Waals surface area contributed by atoms with E-state index < -0.39 is 51.8 Å². The second-order valence-corrected chi connectivity index (χ2v) is 15.1. The molecule has 11 heteroatoms. The lowest BCUT2D eigenvalue weighted by atomic mass is 10.1. The van der Waals surface area contributed by atoms with Crippen LogP contribution in [-0.2, 0) is 32.7 Å². The number of rotatable bonds is 38. The van der Waals surface area contributed by atoms with E-state index in [1.54, 1.807) is 0 Å². The fraction of sp³-hybridized carbons (Fsp3) is 0.762. The van der Waals surface area contributed by atoms with E-state index in [2.05, 4.69) is 67.0 Å². The summed E-state index contributed by atoms with van der Waals surface area (Å²) >= 11 is 0. The van der Waals surface area contributed by atoms with Crippen LogP contribution in [0, 0.1) is 0 Å². The maximum Gasteiger partial charge on any atom is 0.472 e. The Morgan fingerprint density at radius 2 is 1.04 bits per heavy atom. The Balaban J connectivity index is 4.39. The maximum absolute atomic E-state index is 12.6. The molecule has 3 atom stereocenters. The molecule has 0 saturated carbocycles. The van der Waals surface area contributed by atoms with Gasteiger partial charge in [0.25, 0.3) is 0 Å². The number of phosphoric acid groups is 1. The molecule has 1 unspecified atom stereocenters. The lowest BCUT2D eigenvalue weighted by molar-refractivity contribution is -0.161. The molecule has 53 heavy (non-hydrogen) atoms. The standard InChI is InChI=1S/C42H75O10P/c1-3-5-7-9-11-13-15-17-19-21-23-25-27-29-31-33-41(45)49-37-40(38-51-53(47,48)50-36-39(44)35-43)52-42(46)34-32-30-28-26-24-22-20-18-16-14-12-10-8-6-4-2/h12-15,17-20,39-40,43-44H,3-11,16,21-38H2,1-2H3,(H,47,48)/b14-12+,15-13+,19-17+,20-18+/t39-,40+/m0/s1. The van der Waals surface area contributed by atoms with Crippen molar-refractivity contribution in [3.63, 3.8) is 0 Å². The van der Waals surface area contributed by atoms with Crippen LogP contribution in [0.4, 0.5) is 0 Å². The third-order valence-electron chi connectivity index (χ3n) is 8.48. The first-order valence-corrected chi connectivity index (χ1v) is 22.1. The highest BCUT2D eigenvalue weighted by atomic mass is 31.2. The van der Waals surface area contributed by atoms with Crippen LogP contribution in [0.5, 0.6) is 0 Å².